The highest BCUT2D eigenvalue weighted by Crippen LogP contribution is 2.62. The van der Waals surface area contributed by atoms with Crippen LogP contribution >= 0.6 is 0 Å². The van der Waals surface area contributed by atoms with Gasteiger partial charge in [-0.3, -0.25) is 14.9 Å². The van der Waals surface area contributed by atoms with Gasteiger partial charge >= 0.3 is 0 Å². The van der Waals surface area contributed by atoms with E-state index in [0.29, 0.717) is 42.2 Å². The lowest BCUT2D eigenvalue weighted by Gasteiger charge is -2.60. The van der Waals surface area contributed by atoms with Crippen LogP contribution in [0.4, 0.5) is 5.69 Å². The summed E-state index contributed by atoms with van der Waals surface area (Å²) in [5, 5.41) is 45.7. The Balaban J connectivity index is 1.64. The Kier molecular flexibility index (Phi) is 21.0. The number of hydrogen-bond acceptors (Lipinski definition) is 12. The molecule has 0 bridgehead atoms. The fraction of sp³-hybridized carbons (Fsp3) is 0.640. The first kappa shape index (κ1) is 50.7. The van der Waals surface area contributed by atoms with Gasteiger partial charge in [0.15, 0.2) is 0 Å². The summed E-state index contributed by atoms with van der Waals surface area (Å²) in [6, 6.07) is 11.0. The van der Waals surface area contributed by atoms with Gasteiger partial charge in [0.1, 0.15) is 30.4 Å². The van der Waals surface area contributed by atoms with Crippen molar-refractivity contribution in [2.45, 2.75) is 134 Å². The van der Waals surface area contributed by atoms with E-state index in [2.05, 4.69) is 24.7 Å². The summed E-state index contributed by atoms with van der Waals surface area (Å²) >= 11 is 0. The van der Waals surface area contributed by atoms with E-state index in [0.717, 1.165) is 62.5 Å². The van der Waals surface area contributed by atoms with E-state index in [-0.39, 0.29) is 82.0 Å². The fourth-order valence-electron chi connectivity index (χ4n) is 10.1. The number of benzene rings is 2. The number of oxime groups is 1. The molecule has 1 saturated carbocycles. The molecule has 5 rings (SSSR count). The fourth-order valence-corrected chi connectivity index (χ4v) is 10.1. The highest BCUT2D eigenvalue weighted by molar-refractivity contribution is 6.03. The molecule has 354 valence electrons. The second kappa shape index (κ2) is 26.6. The number of fused-ring (bicyclic) bond motifs is 2. The molecule has 0 aromatic heterocycles. The van der Waals surface area contributed by atoms with Gasteiger partial charge in [0.2, 0.25) is 11.7 Å². The first-order valence-corrected chi connectivity index (χ1v) is 23.8. The van der Waals surface area contributed by atoms with Crippen LogP contribution in [-0.2, 0) is 19.1 Å². The molecule has 3 aliphatic rings. The number of rotatable bonds is 31. The Morgan fingerprint density at radius 3 is 2.34 bits per heavy atom. The van der Waals surface area contributed by atoms with Gasteiger partial charge in [0, 0.05) is 50.1 Å². The molecule has 64 heavy (non-hydrogen) atoms. The maximum atomic E-state index is 14.8. The van der Waals surface area contributed by atoms with Crippen LogP contribution in [0.5, 0.6) is 17.2 Å². The number of nitro benzene ring substituents is 1. The number of nitrogens with zero attached hydrogens (tertiary/aromatic N) is 3. The average Bonchev–Trinajstić information content (AvgIpc) is 3.29. The molecule has 0 spiro atoms. The Bertz CT molecular complexity index is 1840. The van der Waals surface area contributed by atoms with Gasteiger partial charge in [0.05, 0.1) is 49.0 Å². The number of allylic oxidation sites excluding steroid dienone is 1. The quantitative estimate of drug-likeness (QED) is 0.0284. The molecule has 2 aromatic carbocycles. The van der Waals surface area contributed by atoms with Crippen molar-refractivity contribution in [3.05, 3.63) is 82.4 Å². The molecule has 0 radical (unpaired) electrons. The van der Waals surface area contributed by atoms with Crippen LogP contribution in [-0.4, -0.2) is 102 Å². The third-order valence-corrected chi connectivity index (χ3v) is 13.0. The van der Waals surface area contributed by atoms with Gasteiger partial charge in [-0.15, -0.1) is 6.58 Å². The maximum Gasteiger partial charge on any atom is 0.273 e. The van der Waals surface area contributed by atoms with Gasteiger partial charge in [-0.1, -0.05) is 94.5 Å². The lowest BCUT2D eigenvalue weighted by Crippen LogP contribution is -2.70. The molecule has 2 aliphatic carbocycles. The molecule has 0 unspecified atom stereocenters. The van der Waals surface area contributed by atoms with Crippen molar-refractivity contribution in [1.82, 2.24) is 4.90 Å². The van der Waals surface area contributed by atoms with Crippen molar-refractivity contribution in [2.24, 2.45) is 22.9 Å². The largest absolute Gasteiger partial charge is 0.459 e. The van der Waals surface area contributed by atoms with E-state index < -0.39 is 22.7 Å². The topological polar surface area (TPSA) is 183 Å². The first-order valence-electron chi connectivity index (χ1n) is 23.8. The number of hydrogen-bond donors (Lipinski definition) is 3. The zero-order chi connectivity index (χ0) is 45.7. The van der Waals surface area contributed by atoms with E-state index in [4.69, 9.17) is 23.8 Å². The molecule has 6 atom stereocenters. The maximum absolute atomic E-state index is 14.8. The number of nitro groups is 1. The third-order valence-electron chi connectivity index (χ3n) is 13.0. The Hall–Kier alpha value is -4.34. The number of aliphatic hydroxyl groups is 3. The second-order valence-corrected chi connectivity index (χ2v) is 17.3. The smallest absolute Gasteiger partial charge is 0.273 e. The molecule has 3 N–H and O–H groups in total. The summed E-state index contributed by atoms with van der Waals surface area (Å²) in [6.45, 7) is 6.93. The van der Waals surface area contributed by atoms with Crippen LogP contribution in [0.2, 0.25) is 0 Å². The van der Waals surface area contributed by atoms with Gasteiger partial charge in [-0.05, 0) is 73.8 Å². The molecule has 14 heteroatoms. The Morgan fingerprint density at radius 2 is 1.66 bits per heavy atom. The monoisotopic (exact) mass is 892 g/mol. The van der Waals surface area contributed by atoms with Crippen LogP contribution in [0.3, 0.4) is 0 Å². The van der Waals surface area contributed by atoms with Gasteiger partial charge in [-0.25, -0.2) is 0 Å². The minimum Gasteiger partial charge on any atom is -0.459 e. The molecule has 1 aliphatic heterocycles. The van der Waals surface area contributed by atoms with Gasteiger partial charge in [-0.2, -0.15) is 0 Å². The lowest BCUT2D eigenvalue weighted by molar-refractivity contribution is -0.384. The number of non-ortho nitro benzene ring substituents is 1. The molecular formula is C50H73N3O11. The number of aliphatic hydroxyl groups excluding tert-OH is 3. The van der Waals surface area contributed by atoms with Crippen molar-refractivity contribution in [3.8, 4) is 17.2 Å². The van der Waals surface area contributed by atoms with Crippen LogP contribution < -0.4 is 9.47 Å². The zero-order valence-electron chi connectivity index (χ0n) is 38.2. The number of carbonyl (C=O) groups is 1. The zero-order valence-corrected chi connectivity index (χ0v) is 38.2. The van der Waals surface area contributed by atoms with E-state index >= 15 is 0 Å². The van der Waals surface area contributed by atoms with Gasteiger partial charge in [0.25, 0.3) is 5.69 Å². The third kappa shape index (κ3) is 13.1. The Morgan fingerprint density at radius 1 is 0.938 bits per heavy atom. The molecular weight excluding hydrogens is 819 g/mol. The summed E-state index contributed by atoms with van der Waals surface area (Å²) in [4.78, 5) is 33.4. The molecule has 1 amide bonds. The van der Waals surface area contributed by atoms with Crippen molar-refractivity contribution in [2.75, 3.05) is 53.3 Å². The number of unbranched alkanes of at least 4 members (excludes halogenated alkanes) is 10. The van der Waals surface area contributed by atoms with E-state index in [1.165, 1.54) is 51.3 Å². The van der Waals surface area contributed by atoms with Crippen LogP contribution in [0.1, 0.15) is 128 Å². The first-order chi connectivity index (χ1) is 31.3. The summed E-state index contributed by atoms with van der Waals surface area (Å²) in [5.41, 5.74) is 2.39. The molecule has 1 heterocycles. The van der Waals surface area contributed by atoms with Crippen molar-refractivity contribution in [3.63, 3.8) is 0 Å². The highest BCUT2D eigenvalue weighted by atomic mass is 16.7. The van der Waals surface area contributed by atoms with Crippen LogP contribution in [0.15, 0.2) is 71.9 Å². The second-order valence-electron chi connectivity index (χ2n) is 17.3. The van der Waals surface area contributed by atoms with Crippen molar-refractivity contribution < 1.29 is 48.8 Å². The van der Waals surface area contributed by atoms with Crippen LogP contribution in [0.25, 0.3) is 0 Å². The summed E-state index contributed by atoms with van der Waals surface area (Å²) in [7, 11) is 1.52. The molecule has 1 fully saturated rings. The molecule has 14 nitrogen and oxygen atoms in total. The van der Waals surface area contributed by atoms with Gasteiger partial charge < -0.3 is 44.0 Å². The predicted molar refractivity (Wildman–Crippen MR) is 247 cm³/mol. The number of ether oxygens (including phenoxy) is 4. The van der Waals surface area contributed by atoms with E-state index in [1.54, 1.807) is 24.3 Å². The molecule has 0 saturated heterocycles. The van der Waals surface area contributed by atoms with E-state index in [1.807, 2.05) is 17.0 Å². The molecule has 2 aromatic rings. The van der Waals surface area contributed by atoms with Crippen LogP contribution in [0, 0.1) is 27.9 Å². The lowest BCUT2D eigenvalue weighted by atomic mass is 9.55. The standard InChI is InChI=1S/C50H73N3O11/c1-4-6-7-8-9-10-11-12-13-23-47(57)52(26-31-61-32-29-56)46-36-44(51-60-3)42-33-37(19-14-16-27-54)41(22-15-17-28-55)48-43-35-40(63-39-21-18-20-38(34-39)53(58)59)24-25-45(43)64-50(46,49(42)48)62-30-5-2/h5,18,20-21,24-25,33-35,37,41,46,48-49,54-56H,2,4,6-17,19,22-23,26-32,36H2,1,3H3/t37-,41+,46-,48+,49+,50+/m0/s1. The average molecular weight is 892 g/mol. The van der Waals surface area contributed by atoms with Crippen molar-refractivity contribution >= 4 is 17.3 Å². The SMILES string of the molecule is C=CCO[C@@]12Oc3ccc(Oc4cccc([N+](=O)[O-])c4)cc3[C@H]3[C@H](CCCCO)[C@@H](CCCCO)C=C(C(=NOC)C[C@@H]1N(CCOCCO)C(=O)CCCCCCCCCCC)[C@H]32. The number of carbonyl (C=O) groups excluding carboxylic acids is 1. The highest BCUT2D eigenvalue weighted by Gasteiger charge is 2.65. The van der Waals surface area contributed by atoms with E-state index in [9.17, 15) is 30.2 Å². The minimum absolute atomic E-state index is 0.00275. The number of amides is 1. The summed E-state index contributed by atoms with van der Waals surface area (Å²) in [5.74, 6) is -0.847. The normalized spacial score (nSPS) is 22.8. The van der Waals surface area contributed by atoms with Crippen molar-refractivity contribution in [1.29, 1.82) is 0 Å². The minimum atomic E-state index is -1.43. The predicted octanol–water partition coefficient (Wildman–Crippen LogP) is 9.41. The summed E-state index contributed by atoms with van der Waals surface area (Å²) < 4.78 is 26.5. The summed E-state index contributed by atoms with van der Waals surface area (Å²) in [6.07, 6.45) is 19.1. The Labute approximate surface area is 379 Å².